The molecule has 1 aliphatic heterocycles. The summed E-state index contributed by atoms with van der Waals surface area (Å²) < 4.78 is 28.9. The summed E-state index contributed by atoms with van der Waals surface area (Å²) in [5.74, 6) is 1.14. The summed E-state index contributed by atoms with van der Waals surface area (Å²) in [5, 5.41) is 3.76. The molecule has 0 aliphatic carbocycles. The summed E-state index contributed by atoms with van der Waals surface area (Å²) in [6.45, 7) is 1.49. The van der Waals surface area contributed by atoms with Crippen molar-refractivity contribution in [2.75, 3.05) is 51.1 Å². The lowest BCUT2D eigenvalue weighted by molar-refractivity contribution is 0.289. The van der Waals surface area contributed by atoms with E-state index in [0.29, 0.717) is 18.1 Å². The Morgan fingerprint density at radius 2 is 2.12 bits per heavy atom. The fourth-order valence-electron chi connectivity index (χ4n) is 2.67. The molecule has 0 bridgehead atoms. The van der Waals surface area contributed by atoms with Crippen LogP contribution in [0.1, 0.15) is 6.42 Å². The fraction of sp³-hybridized carbons (Fsp3) is 0.562. The zero-order chi connectivity index (χ0) is 17.7. The van der Waals surface area contributed by atoms with Crippen LogP contribution in [0.15, 0.2) is 24.3 Å². The summed E-state index contributed by atoms with van der Waals surface area (Å²) in [7, 11) is 2.63. The Morgan fingerprint density at radius 3 is 2.71 bits per heavy atom. The molecule has 8 heteroatoms. The van der Waals surface area contributed by atoms with Gasteiger partial charge in [-0.1, -0.05) is 6.07 Å². The van der Waals surface area contributed by atoms with Gasteiger partial charge in [0, 0.05) is 30.9 Å². The van der Waals surface area contributed by atoms with Gasteiger partial charge in [-0.2, -0.15) is 0 Å². The number of benzene rings is 1. The quantitative estimate of drug-likeness (QED) is 0.759. The molecule has 1 saturated heterocycles. The van der Waals surface area contributed by atoms with E-state index < -0.39 is 9.84 Å². The number of methoxy groups -OCH3 is 1. The van der Waals surface area contributed by atoms with Gasteiger partial charge in [-0.25, -0.2) is 8.42 Å². The van der Waals surface area contributed by atoms with Crippen LogP contribution in [-0.2, 0) is 9.84 Å². The largest absolute Gasteiger partial charge is 0.497 e. The monoisotopic (exact) mass is 371 g/mol. The lowest BCUT2D eigenvalue weighted by atomic mass is 10.2. The van der Waals surface area contributed by atoms with Crippen molar-refractivity contribution in [1.29, 1.82) is 0 Å². The zero-order valence-corrected chi connectivity index (χ0v) is 16.0. The number of sulfone groups is 1. The minimum atomic E-state index is -2.96. The molecule has 0 aromatic heterocycles. The Labute approximate surface area is 149 Å². The number of hydrogen-bond donors (Lipinski definition) is 1. The van der Waals surface area contributed by atoms with E-state index in [-0.39, 0.29) is 17.5 Å². The van der Waals surface area contributed by atoms with Crippen molar-refractivity contribution in [3.63, 3.8) is 0 Å². The molecule has 1 aromatic carbocycles. The molecule has 1 heterocycles. The van der Waals surface area contributed by atoms with E-state index in [2.05, 4.69) is 10.2 Å². The predicted molar refractivity (Wildman–Crippen MR) is 102 cm³/mol. The van der Waals surface area contributed by atoms with Gasteiger partial charge in [0.15, 0.2) is 14.9 Å². The maximum absolute atomic E-state index is 11.8. The van der Waals surface area contributed by atoms with Crippen molar-refractivity contribution < 1.29 is 13.2 Å². The summed E-state index contributed by atoms with van der Waals surface area (Å²) in [5.41, 5.74) is 0.829. The van der Waals surface area contributed by atoms with Crippen LogP contribution in [-0.4, -0.2) is 75.2 Å². The van der Waals surface area contributed by atoms with Crippen molar-refractivity contribution in [2.45, 2.75) is 12.5 Å². The molecular formula is C16H25N3O3S2. The van der Waals surface area contributed by atoms with Crippen molar-refractivity contribution in [2.24, 2.45) is 0 Å². The van der Waals surface area contributed by atoms with Crippen LogP contribution < -0.4 is 10.1 Å². The molecule has 6 nitrogen and oxygen atoms in total. The van der Waals surface area contributed by atoms with Gasteiger partial charge in [-0.3, -0.25) is 0 Å². The van der Waals surface area contributed by atoms with Gasteiger partial charge < -0.3 is 19.9 Å². The standard InChI is InChI=1S/C16H25N3O3S2/c1-18(2)8-9-19(14-7-10-24(20,21)12-14)16(23)17-13-5-4-6-15(11-13)22-3/h4-6,11,14H,7-10,12H2,1-3H3,(H,17,23)/t14-/m0/s1. The molecule has 1 N–H and O–H groups in total. The smallest absolute Gasteiger partial charge is 0.173 e. The molecule has 1 aliphatic rings. The van der Waals surface area contributed by atoms with Gasteiger partial charge in [0.05, 0.1) is 18.6 Å². The van der Waals surface area contributed by atoms with Crippen molar-refractivity contribution >= 4 is 32.9 Å². The van der Waals surface area contributed by atoms with Crippen LogP contribution in [0.25, 0.3) is 0 Å². The van der Waals surface area contributed by atoms with E-state index in [1.807, 2.05) is 43.3 Å². The predicted octanol–water partition coefficient (Wildman–Crippen LogP) is 1.44. The van der Waals surface area contributed by atoms with Crippen LogP contribution in [0.2, 0.25) is 0 Å². The Hall–Kier alpha value is -1.38. The minimum Gasteiger partial charge on any atom is -0.497 e. The van der Waals surface area contributed by atoms with Crippen molar-refractivity contribution in [3.8, 4) is 5.75 Å². The van der Waals surface area contributed by atoms with Gasteiger partial charge in [0.25, 0.3) is 0 Å². The number of thiocarbonyl (C=S) groups is 1. The van der Waals surface area contributed by atoms with E-state index in [4.69, 9.17) is 17.0 Å². The third-order valence-electron chi connectivity index (χ3n) is 4.02. The molecular weight excluding hydrogens is 346 g/mol. The number of hydrogen-bond acceptors (Lipinski definition) is 5. The first-order chi connectivity index (χ1) is 11.3. The summed E-state index contributed by atoms with van der Waals surface area (Å²) in [4.78, 5) is 4.06. The highest BCUT2D eigenvalue weighted by molar-refractivity contribution is 7.91. The number of nitrogens with zero attached hydrogens (tertiary/aromatic N) is 2. The molecule has 24 heavy (non-hydrogen) atoms. The van der Waals surface area contributed by atoms with Gasteiger partial charge in [-0.05, 0) is 44.9 Å². The fourth-order valence-corrected chi connectivity index (χ4v) is 4.76. The number of anilines is 1. The molecule has 0 saturated carbocycles. The normalized spacial score (nSPS) is 19.2. The van der Waals surface area contributed by atoms with E-state index in [1.165, 1.54) is 0 Å². The van der Waals surface area contributed by atoms with Gasteiger partial charge >= 0.3 is 0 Å². The molecule has 0 radical (unpaired) electrons. The van der Waals surface area contributed by atoms with Crippen LogP contribution in [0.5, 0.6) is 5.75 Å². The Balaban J connectivity index is 2.11. The average Bonchev–Trinajstić information content (AvgIpc) is 2.87. The molecule has 0 spiro atoms. The van der Waals surface area contributed by atoms with Crippen LogP contribution in [0.3, 0.4) is 0 Å². The average molecular weight is 372 g/mol. The molecule has 134 valence electrons. The van der Waals surface area contributed by atoms with Crippen molar-refractivity contribution in [3.05, 3.63) is 24.3 Å². The first kappa shape index (κ1) is 19.0. The van der Waals surface area contributed by atoms with E-state index in [0.717, 1.165) is 18.0 Å². The lowest BCUT2D eigenvalue weighted by Gasteiger charge is -2.32. The van der Waals surface area contributed by atoms with Gasteiger partial charge in [0.1, 0.15) is 5.75 Å². The topological polar surface area (TPSA) is 61.9 Å². The van der Waals surface area contributed by atoms with E-state index in [9.17, 15) is 8.42 Å². The number of likely N-dealkylation sites (N-methyl/N-ethyl adjacent to an activating group) is 1. The number of rotatable bonds is 6. The highest BCUT2D eigenvalue weighted by Crippen LogP contribution is 2.21. The van der Waals surface area contributed by atoms with E-state index >= 15 is 0 Å². The molecule has 1 atom stereocenters. The first-order valence-corrected chi connectivity index (χ1v) is 10.1. The van der Waals surface area contributed by atoms with Crippen LogP contribution in [0, 0.1) is 0 Å². The Morgan fingerprint density at radius 1 is 1.38 bits per heavy atom. The molecule has 0 amide bonds. The zero-order valence-electron chi connectivity index (χ0n) is 14.4. The maximum Gasteiger partial charge on any atom is 0.173 e. The van der Waals surface area contributed by atoms with E-state index in [1.54, 1.807) is 7.11 Å². The molecule has 0 unspecified atom stereocenters. The molecule has 2 rings (SSSR count). The van der Waals surface area contributed by atoms with Gasteiger partial charge in [-0.15, -0.1) is 0 Å². The first-order valence-electron chi connectivity index (χ1n) is 7.87. The second-order valence-electron chi connectivity index (χ2n) is 6.22. The maximum atomic E-state index is 11.8. The second kappa shape index (κ2) is 8.13. The Bertz CT molecular complexity index is 677. The number of nitrogens with one attached hydrogen (secondary N) is 1. The summed E-state index contributed by atoms with van der Waals surface area (Å²) >= 11 is 5.56. The van der Waals surface area contributed by atoms with Crippen LogP contribution in [0.4, 0.5) is 5.69 Å². The summed E-state index contributed by atoms with van der Waals surface area (Å²) in [6.07, 6.45) is 0.621. The highest BCUT2D eigenvalue weighted by atomic mass is 32.2. The third-order valence-corrected chi connectivity index (χ3v) is 6.11. The van der Waals surface area contributed by atoms with Crippen LogP contribution >= 0.6 is 12.2 Å². The second-order valence-corrected chi connectivity index (χ2v) is 8.83. The molecule has 1 fully saturated rings. The lowest BCUT2D eigenvalue weighted by Crippen LogP contribution is -2.46. The number of ether oxygens (including phenoxy) is 1. The molecule has 1 aromatic rings. The summed E-state index contributed by atoms with van der Waals surface area (Å²) in [6, 6.07) is 7.45. The Kier molecular flexibility index (Phi) is 6.42. The van der Waals surface area contributed by atoms with Crippen molar-refractivity contribution in [1.82, 2.24) is 9.80 Å². The highest BCUT2D eigenvalue weighted by Gasteiger charge is 2.33. The third kappa shape index (κ3) is 5.32. The van der Waals surface area contributed by atoms with Gasteiger partial charge in [0.2, 0.25) is 0 Å². The minimum absolute atomic E-state index is 0.0689. The SMILES string of the molecule is COc1cccc(NC(=S)N(CCN(C)C)[C@H]2CCS(=O)(=O)C2)c1.